The Kier molecular flexibility index (Phi) is 3.09. The fourth-order valence-corrected chi connectivity index (χ4v) is 1.68. The summed E-state index contributed by atoms with van der Waals surface area (Å²) in [5.41, 5.74) is 0. The van der Waals surface area contributed by atoms with E-state index >= 15 is 0 Å². The zero-order valence-electron chi connectivity index (χ0n) is 7.92. The topological polar surface area (TPSA) is 23.6 Å². The molecule has 1 saturated heterocycles. The number of piperazine rings is 1. The average molecular weight is 169 g/mol. The van der Waals surface area contributed by atoms with E-state index in [4.69, 9.17) is 0 Å². The second-order valence-corrected chi connectivity index (χ2v) is 3.35. The van der Waals surface area contributed by atoms with E-state index in [1.165, 1.54) is 0 Å². The first-order valence-corrected chi connectivity index (χ1v) is 4.47. The molecule has 1 heterocycles. The van der Waals surface area contributed by atoms with Gasteiger partial charge in [0, 0.05) is 39.6 Å². The molecule has 3 nitrogen and oxygen atoms in total. The van der Waals surface area contributed by atoms with Crippen LogP contribution in [-0.2, 0) is 4.79 Å². The highest BCUT2D eigenvalue weighted by Gasteiger charge is 2.25. The summed E-state index contributed by atoms with van der Waals surface area (Å²) in [5, 5.41) is 0. The van der Waals surface area contributed by atoms with Crippen molar-refractivity contribution >= 4 is 5.91 Å². The average Bonchev–Trinajstić information content (AvgIpc) is 2.03. The molecule has 0 saturated carbocycles. The molecule has 3 heteroatoms. The van der Waals surface area contributed by atoms with Crippen molar-refractivity contribution in [1.82, 2.24) is 9.80 Å². The molecule has 1 radical (unpaired) electrons. The van der Waals surface area contributed by atoms with Crippen LogP contribution >= 0.6 is 0 Å². The molecule has 0 N–H and O–H groups in total. The highest BCUT2D eigenvalue weighted by molar-refractivity contribution is 5.73. The molecule has 0 aromatic heterocycles. The van der Waals surface area contributed by atoms with Gasteiger partial charge in [-0.05, 0) is 6.42 Å². The van der Waals surface area contributed by atoms with E-state index in [9.17, 15) is 4.79 Å². The van der Waals surface area contributed by atoms with E-state index in [0.717, 1.165) is 26.1 Å². The minimum Gasteiger partial charge on any atom is -0.337 e. The van der Waals surface area contributed by atoms with Gasteiger partial charge in [0.15, 0.2) is 0 Å². The molecule has 1 unspecified atom stereocenters. The summed E-state index contributed by atoms with van der Waals surface area (Å²) < 4.78 is 0. The normalized spacial score (nSPS) is 25.9. The maximum atomic E-state index is 11.2. The number of amides is 1. The summed E-state index contributed by atoms with van der Waals surface area (Å²) in [5.74, 6) is 0.190. The van der Waals surface area contributed by atoms with E-state index in [0.29, 0.717) is 6.04 Å². The van der Waals surface area contributed by atoms with Gasteiger partial charge < -0.3 is 4.90 Å². The Morgan fingerprint density at radius 3 is 2.75 bits per heavy atom. The molecule has 1 atom stereocenters. The van der Waals surface area contributed by atoms with Crippen LogP contribution in [0, 0.1) is 7.05 Å². The molecule has 1 fully saturated rings. The Hall–Kier alpha value is -0.570. The van der Waals surface area contributed by atoms with E-state index < -0.39 is 0 Å². The molecule has 0 bridgehead atoms. The lowest BCUT2D eigenvalue weighted by Crippen LogP contribution is -2.52. The molecule has 1 aliphatic rings. The fourth-order valence-electron chi connectivity index (χ4n) is 1.68. The van der Waals surface area contributed by atoms with Gasteiger partial charge in [-0.2, -0.15) is 0 Å². The van der Waals surface area contributed by atoms with E-state index in [1.807, 2.05) is 9.80 Å². The molecular weight excluding hydrogens is 152 g/mol. The van der Waals surface area contributed by atoms with Crippen LogP contribution in [-0.4, -0.2) is 41.4 Å². The first-order valence-electron chi connectivity index (χ1n) is 4.47. The molecule has 12 heavy (non-hydrogen) atoms. The number of hydrogen-bond donors (Lipinski definition) is 0. The van der Waals surface area contributed by atoms with Crippen LogP contribution in [0.4, 0.5) is 0 Å². The molecule has 1 rings (SSSR count). The van der Waals surface area contributed by atoms with Gasteiger partial charge in [-0.3, -0.25) is 9.69 Å². The first-order chi connectivity index (χ1) is 5.65. The van der Waals surface area contributed by atoms with Crippen molar-refractivity contribution in [2.75, 3.05) is 19.6 Å². The Morgan fingerprint density at radius 2 is 2.25 bits per heavy atom. The Bertz CT molecular complexity index is 170. The van der Waals surface area contributed by atoms with Gasteiger partial charge >= 0.3 is 0 Å². The highest BCUT2D eigenvalue weighted by atomic mass is 16.2. The minimum atomic E-state index is 0.190. The van der Waals surface area contributed by atoms with Crippen LogP contribution < -0.4 is 0 Å². The van der Waals surface area contributed by atoms with Crippen LogP contribution in [0.25, 0.3) is 0 Å². The number of nitrogens with zero attached hydrogens (tertiary/aromatic N) is 2. The van der Waals surface area contributed by atoms with E-state index in [2.05, 4.69) is 14.0 Å². The van der Waals surface area contributed by atoms with E-state index in [-0.39, 0.29) is 5.91 Å². The fraction of sp³-hybridized carbons (Fsp3) is 0.778. The maximum Gasteiger partial charge on any atom is 0.219 e. The molecule has 69 valence electrons. The molecular formula is C9H17N2O. The van der Waals surface area contributed by atoms with Gasteiger partial charge in [-0.25, -0.2) is 0 Å². The van der Waals surface area contributed by atoms with Crippen molar-refractivity contribution < 1.29 is 4.79 Å². The predicted molar refractivity (Wildman–Crippen MR) is 48.4 cm³/mol. The summed E-state index contributed by atoms with van der Waals surface area (Å²) >= 11 is 0. The van der Waals surface area contributed by atoms with Crippen molar-refractivity contribution in [3.05, 3.63) is 7.05 Å². The molecule has 0 aliphatic carbocycles. The SMILES string of the molecule is [CH2]N1CCN(C(C)=O)C(CC)C1. The maximum absolute atomic E-state index is 11.2. The van der Waals surface area contributed by atoms with Crippen LogP contribution in [0.15, 0.2) is 0 Å². The molecule has 0 aromatic rings. The third-order valence-electron chi connectivity index (χ3n) is 2.44. The standard InChI is InChI=1S/C9H17N2O/c1-4-9-7-10(3)5-6-11(9)8(2)12/h9H,3-7H2,1-2H3. The van der Waals surface area contributed by atoms with E-state index in [1.54, 1.807) is 6.92 Å². The summed E-state index contributed by atoms with van der Waals surface area (Å²) in [6.07, 6.45) is 1.02. The lowest BCUT2D eigenvalue weighted by Gasteiger charge is -2.39. The zero-order valence-corrected chi connectivity index (χ0v) is 7.92. The van der Waals surface area contributed by atoms with Gasteiger partial charge in [-0.15, -0.1) is 0 Å². The summed E-state index contributed by atoms with van der Waals surface area (Å²) in [6.45, 7) is 6.39. The zero-order chi connectivity index (χ0) is 9.14. The predicted octanol–water partition coefficient (Wildman–Crippen LogP) is 0.721. The summed E-state index contributed by atoms with van der Waals surface area (Å²) in [7, 11) is 3.88. The number of carbonyl (C=O) groups excluding carboxylic acids is 1. The first kappa shape index (κ1) is 9.52. The van der Waals surface area contributed by atoms with Crippen LogP contribution in [0.3, 0.4) is 0 Å². The van der Waals surface area contributed by atoms with Gasteiger partial charge in [0.25, 0.3) is 0 Å². The van der Waals surface area contributed by atoms with Gasteiger partial charge in [0.1, 0.15) is 0 Å². The van der Waals surface area contributed by atoms with Gasteiger partial charge in [0.2, 0.25) is 5.91 Å². The van der Waals surface area contributed by atoms with Crippen molar-refractivity contribution in [2.24, 2.45) is 0 Å². The lowest BCUT2D eigenvalue weighted by atomic mass is 10.1. The second-order valence-electron chi connectivity index (χ2n) is 3.35. The van der Waals surface area contributed by atoms with Gasteiger partial charge in [0.05, 0.1) is 0 Å². The van der Waals surface area contributed by atoms with Crippen molar-refractivity contribution in [3.8, 4) is 0 Å². The van der Waals surface area contributed by atoms with Crippen molar-refractivity contribution in [3.63, 3.8) is 0 Å². The van der Waals surface area contributed by atoms with Gasteiger partial charge in [-0.1, -0.05) is 6.92 Å². The Labute approximate surface area is 74.3 Å². The smallest absolute Gasteiger partial charge is 0.219 e. The number of carbonyl (C=O) groups is 1. The minimum absolute atomic E-state index is 0.190. The largest absolute Gasteiger partial charge is 0.337 e. The van der Waals surface area contributed by atoms with Crippen LogP contribution in [0.1, 0.15) is 20.3 Å². The third-order valence-corrected chi connectivity index (χ3v) is 2.44. The number of rotatable bonds is 1. The molecule has 1 aliphatic heterocycles. The van der Waals surface area contributed by atoms with Crippen molar-refractivity contribution in [1.29, 1.82) is 0 Å². The molecule has 1 amide bonds. The monoisotopic (exact) mass is 169 g/mol. The lowest BCUT2D eigenvalue weighted by molar-refractivity contribution is -0.133. The Morgan fingerprint density at radius 1 is 1.58 bits per heavy atom. The third kappa shape index (κ3) is 1.97. The molecule has 0 spiro atoms. The summed E-state index contributed by atoms with van der Waals surface area (Å²) in [4.78, 5) is 15.1. The Balaban J connectivity index is 2.56. The highest BCUT2D eigenvalue weighted by Crippen LogP contribution is 2.11. The summed E-state index contributed by atoms with van der Waals surface area (Å²) in [6, 6.07) is 0.369. The number of hydrogen-bond acceptors (Lipinski definition) is 2. The molecule has 0 aromatic carbocycles. The quantitative estimate of drug-likeness (QED) is 0.577. The van der Waals surface area contributed by atoms with Crippen LogP contribution in [0.5, 0.6) is 0 Å². The second kappa shape index (κ2) is 3.90. The van der Waals surface area contributed by atoms with Crippen LogP contribution in [0.2, 0.25) is 0 Å². The van der Waals surface area contributed by atoms with Crippen molar-refractivity contribution in [2.45, 2.75) is 26.3 Å².